The third-order valence-corrected chi connectivity index (χ3v) is 11.5. The van der Waals surface area contributed by atoms with E-state index < -0.39 is 7.12 Å². The number of nitrogens with zero attached hydrogens (tertiary/aromatic N) is 6. The van der Waals surface area contributed by atoms with E-state index in [1.165, 1.54) is 30.0 Å². The highest BCUT2D eigenvalue weighted by Gasteiger charge is 2.14. The summed E-state index contributed by atoms with van der Waals surface area (Å²) in [7, 11) is -1.43. The molecule has 11 rings (SSSR count). The van der Waals surface area contributed by atoms with Gasteiger partial charge in [-0.1, -0.05) is 217 Å². The highest BCUT2D eigenvalue weighted by molar-refractivity contribution is 6.59. The Hall–Kier alpha value is -7.41. The van der Waals surface area contributed by atoms with E-state index in [1.807, 2.05) is 146 Å². The van der Waals surface area contributed by atoms with Gasteiger partial charge < -0.3 is 14.8 Å². The van der Waals surface area contributed by atoms with Crippen molar-refractivity contribution in [3.8, 4) is 79.2 Å². The molecular formula is C58H48BCl3N6O3. The summed E-state index contributed by atoms with van der Waals surface area (Å²) < 4.78 is 4.94. The highest BCUT2D eigenvalue weighted by atomic mass is 35.5. The molecule has 0 amide bonds. The van der Waals surface area contributed by atoms with Crippen LogP contribution >= 0.6 is 34.8 Å². The molecule has 0 atom stereocenters. The Kier molecular flexibility index (Phi) is 17.9. The van der Waals surface area contributed by atoms with Crippen LogP contribution in [0.15, 0.2) is 218 Å². The summed E-state index contributed by atoms with van der Waals surface area (Å²) >= 11 is 17.9. The van der Waals surface area contributed by atoms with Crippen LogP contribution in [0.1, 0.15) is 14.3 Å². The Morgan fingerprint density at radius 1 is 0.338 bits per heavy atom. The first-order valence-electron chi connectivity index (χ1n) is 22.8. The monoisotopic (exact) mass is 993 g/mol. The summed E-state index contributed by atoms with van der Waals surface area (Å²) in [6, 6.07) is 70.6. The second-order valence-electron chi connectivity index (χ2n) is 15.9. The Labute approximate surface area is 430 Å². The van der Waals surface area contributed by atoms with E-state index in [4.69, 9.17) is 64.5 Å². The quantitative estimate of drug-likeness (QED) is 0.143. The summed E-state index contributed by atoms with van der Waals surface area (Å²) in [4.78, 5) is 27.3. The topological polar surface area (TPSA) is 127 Å². The normalized spacial score (nSPS) is 11.5. The number of halogens is 3. The van der Waals surface area contributed by atoms with Gasteiger partial charge in [-0.3, -0.25) is 0 Å². The molecule has 1 aliphatic rings. The van der Waals surface area contributed by atoms with Crippen molar-refractivity contribution in [2.24, 2.45) is 0 Å². The first-order valence-corrected chi connectivity index (χ1v) is 23.9. The van der Waals surface area contributed by atoms with Crippen LogP contribution in [0.25, 0.3) is 79.2 Å². The Morgan fingerprint density at radius 3 is 1.00 bits per heavy atom. The van der Waals surface area contributed by atoms with E-state index >= 15 is 0 Å². The summed E-state index contributed by atoms with van der Waals surface area (Å²) in [6.45, 7) is 2.00. The van der Waals surface area contributed by atoms with E-state index in [9.17, 15) is 0 Å². The van der Waals surface area contributed by atoms with Crippen molar-refractivity contribution in [2.45, 2.75) is 12.8 Å². The summed E-state index contributed by atoms with van der Waals surface area (Å²) in [5.74, 6) is 3.00. The number of rotatable bonds is 8. The lowest BCUT2D eigenvalue weighted by Gasteiger charge is -2.09. The first kappa shape index (κ1) is 50.0. The molecule has 0 radical (unpaired) electrons. The molecule has 8 aromatic carbocycles. The molecule has 1 fully saturated rings. The van der Waals surface area contributed by atoms with Crippen molar-refractivity contribution < 1.29 is 16.2 Å². The molecule has 13 heteroatoms. The summed E-state index contributed by atoms with van der Waals surface area (Å²) in [5, 5.41) is 18.6. The van der Waals surface area contributed by atoms with Gasteiger partial charge in [0.25, 0.3) is 0 Å². The fourth-order valence-electron chi connectivity index (χ4n) is 7.24. The highest BCUT2D eigenvalue weighted by Crippen LogP contribution is 2.29. The Morgan fingerprint density at radius 2 is 0.648 bits per heavy atom. The molecule has 352 valence electrons. The standard InChI is InChI=1S/C27H18ClN3.C21H14ClN3.C6H6BClO2.C4H8O.H2/c28-24-13-7-12-23(18-24)27-30-25(21-10-5-2-6-11-21)29-26(31-27)22-16-14-20(15-17-22)19-8-3-1-4-9-19;22-21-24-19(17-9-5-2-6-10-17)23-20(25-21)18-13-11-16(12-14-18)15-7-3-1-4-8-15;8-6-3-1-2-5(4-6)7(9)10;1-2-4-5-3-1;/h1-18H;1-14H;1-4,9-10H;1-4H2;1H/i;;;;1+1. The second kappa shape index (κ2) is 25.5. The lowest BCUT2D eigenvalue weighted by atomic mass is 9.81. The molecule has 0 spiro atoms. The lowest BCUT2D eigenvalue weighted by molar-refractivity contribution is 0.198. The van der Waals surface area contributed by atoms with Gasteiger partial charge in [-0.25, -0.2) is 19.9 Å². The van der Waals surface area contributed by atoms with E-state index in [1.54, 1.807) is 18.2 Å². The zero-order chi connectivity index (χ0) is 49.2. The third kappa shape index (κ3) is 14.6. The third-order valence-electron chi connectivity index (χ3n) is 10.9. The number of benzene rings is 8. The van der Waals surface area contributed by atoms with Gasteiger partial charge in [0, 0.05) is 52.5 Å². The van der Waals surface area contributed by atoms with E-state index in [0.29, 0.717) is 44.6 Å². The average Bonchev–Trinajstić information content (AvgIpc) is 4.03. The SMILES string of the molecule is C1CCOC1.Clc1cccc(-c2nc(-c3ccccc3)nc(-c3ccc(-c4ccccc4)cc3)n2)c1.Clc1nc(-c2ccccc2)nc(-c2ccc(-c3ccccc3)cc2)n1.OB(O)c1cccc(Cl)c1.[2HH]. The van der Waals surface area contributed by atoms with Crippen molar-refractivity contribution >= 4 is 47.4 Å². The Bertz CT molecular complexity index is 3230. The van der Waals surface area contributed by atoms with Gasteiger partial charge >= 0.3 is 7.12 Å². The maximum Gasteiger partial charge on any atom is 0.488 e. The van der Waals surface area contributed by atoms with Gasteiger partial charge in [0.2, 0.25) is 5.28 Å². The van der Waals surface area contributed by atoms with Gasteiger partial charge in [-0.15, -0.1) is 0 Å². The van der Waals surface area contributed by atoms with Crippen molar-refractivity contribution in [1.82, 2.24) is 29.9 Å². The van der Waals surface area contributed by atoms with Gasteiger partial charge in [0.15, 0.2) is 29.1 Å². The van der Waals surface area contributed by atoms with E-state index in [2.05, 4.69) is 63.5 Å². The van der Waals surface area contributed by atoms with E-state index in [-0.39, 0.29) is 6.71 Å². The van der Waals surface area contributed by atoms with Gasteiger partial charge in [0.05, 0.1) is 0 Å². The molecule has 0 aliphatic carbocycles. The van der Waals surface area contributed by atoms with Crippen LogP contribution in [0.4, 0.5) is 0 Å². The smallest absolute Gasteiger partial charge is 0.423 e. The minimum absolute atomic E-state index is 0. The van der Waals surface area contributed by atoms with Crippen LogP contribution in [0, 0.1) is 0 Å². The molecule has 2 aromatic heterocycles. The molecule has 1 aliphatic heterocycles. The number of hydrogen-bond acceptors (Lipinski definition) is 9. The van der Waals surface area contributed by atoms with Crippen LogP contribution in [-0.2, 0) is 4.74 Å². The van der Waals surface area contributed by atoms with Crippen LogP contribution in [0.3, 0.4) is 0 Å². The van der Waals surface area contributed by atoms with Gasteiger partial charge in [-0.05, 0) is 76.4 Å². The van der Waals surface area contributed by atoms with Crippen molar-refractivity contribution in [1.29, 1.82) is 0 Å². The fourth-order valence-corrected chi connectivity index (χ4v) is 7.78. The molecule has 0 saturated carbocycles. The van der Waals surface area contributed by atoms with Gasteiger partial charge in [-0.2, -0.15) is 9.97 Å². The number of ether oxygens (including phenoxy) is 1. The first-order chi connectivity index (χ1) is 34.8. The minimum Gasteiger partial charge on any atom is -0.423 e. The number of hydrogen-bond donors (Lipinski definition) is 2. The van der Waals surface area contributed by atoms with Crippen LogP contribution < -0.4 is 5.46 Å². The largest absolute Gasteiger partial charge is 0.488 e. The molecule has 0 bridgehead atoms. The van der Waals surface area contributed by atoms with Gasteiger partial charge in [0.1, 0.15) is 0 Å². The van der Waals surface area contributed by atoms with Crippen molar-refractivity contribution in [2.75, 3.05) is 13.2 Å². The molecule has 3 heterocycles. The molecule has 1 saturated heterocycles. The maximum atomic E-state index is 8.65. The van der Waals surface area contributed by atoms with Crippen molar-refractivity contribution in [3.05, 3.63) is 234 Å². The zero-order valence-corrected chi connectivity index (χ0v) is 40.6. The van der Waals surface area contributed by atoms with Crippen molar-refractivity contribution in [3.63, 3.8) is 0 Å². The predicted molar refractivity (Wildman–Crippen MR) is 291 cm³/mol. The maximum absolute atomic E-state index is 8.65. The Balaban J connectivity index is 0.000000164. The minimum atomic E-state index is -1.43. The van der Waals surface area contributed by atoms with E-state index in [0.717, 1.165) is 52.2 Å². The predicted octanol–water partition coefficient (Wildman–Crippen LogP) is 13.8. The fraction of sp³-hybridized carbons (Fsp3) is 0.0690. The molecule has 2 N–H and O–H groups in total. The summed E-state index contributed by atoms with van der Waals surface area (Å²) in [6.07, 6.45) is 2.56. The zero-order valence-electron chi connectivity index (χ0n) is 38.3. The lowest BCUT2D eigenvalue weighted by Crippen LogP contribution is -2.29. The number of aromatic nitrogens is 6. The molecule has 0 unspecified atom stereocenters. The van der Waals surface area contributed by atoms with Crippen LogP contribution in [0.5, 0.6) is 0 Å². The molecule has 9 nitrogen and oxygen atoms in total. The molecular weight excluding hydrogens is 946 g/mol. The van der Waals surface area contributed by atoms with Crippen LogP contribution in [-0.4, -0.2) is 60.3 Å². The van der Waals surface area contributed by atoms with Crippen LogP contribution in [0.2, 0.25) is 15.3 Å². The summed E-state index contributed by atoms with van der Waals surface area (Å²) in [5.41, 5.74) is 9.60. The molecule has 71 heavy (non-hydrogen) atoms. The second-order valence-corrected chi connectivity index (χ2v) is 17.1. The molecule has 10 aromatic rings. The average molecular weight is 995 g/mol.